The van der Waals surface area contributed by atoms with E-state index in [0.29, 0.717) is 6.54 Å². The first kappa shape index (κ1) is 11.8. The van der Waals surface area contributed by atoms with Gasteiger partial charge < -0.3 is 5.32 Å². The molecule has 2 heterocycles. The minimum Gasteiger partial charge on any atom is -0.344 e. The molecule has 0 fully saturated rings. The summed E-state index contributed by atoms with van der Waals surface area (Å²) < 4.78 is 0. The summed E-state index contributed by atoms with van der Waals surface area (Å²) in [6.45, 7) is 4.50. The van der Waals surface area contributed by atoms with Gasteiger partial charge in [-0.25, -0.2) is 4.98 Å². The Morgan fingerprint density at radius 1 is 1.59 bits per heavy atom. The van der Waals surface area contributed by atoms with Gasteiger partial charge in [0.2, 0.25) is 5.82 Å². The normalized spacial score (nSPS) is 10.8. The number of rotatable bonds is 4. The highest BCUT2D eigenvalue weighted by Gasteiger charge is 2.13. The van der Waals surface area contributed by atoms with Gasteiger partial charge in [-0.05, 0) is 11.4 Å². The molecule has 0 aliphatic heterocycles. The van der Waals surface area contributed by atoms with Gasteiger partial charge in [0.15, 0.2) is 0 Å². The van der Waals surface area contributed by atoms with E-state index in [2.05, 4.69) is 20.5 Å². The van der Waals surface area contributed by atoms with Crippen molar-refractivity contribution in [2.75, 3.05) is 0 Å². The molecule has 90 valence electrons. The van der Waals surface area contributed by atoms with E-state index >= 15 is 0 Å². The second-order valence-electron chi connectivity index (χ2n) is 3.96. The van der Waals surface area contributed by atoms with Gasteiger partial charge in [-0.1, -0.05) is 19.9 Å². The minimum atomic E-state index is -0.249. The SMILES string of the molecule is CC(C)c1nc(C(=O)NCc2cccs2)n[nH]1. The Bertz CT molecular complexity index is 489. The Hall–Kier alpha value is -1.69. The fourth-order valence-corrected chi connectivity index (χ4v) is 1.94. The van der Waals surface area contributed by atoms with Crippen molar-refractivity contribution in [2.24, 2.45) is 0 Å². The van der Waals surface area contributed by atoms with Crippen LogP contribution in [0, 0.1) is 0 Å². The zero-order valence-corrected chi connectivity index (χ0v) is 10.5. The first-order valence-corrected chi connectivity index (χ1v) is 6.27. The van der Waals surface area contributed by atoms with Crippen LogP contribution in [0.4, 0.5) is 0 Å². The molecule has 2 rings (SSSR count). The van der Waals surface area contributed by atoms with Gasteiger partial charge in [0.25, 0.3) is 5.91 Å². The van der Waals surface area contributed by atoms with Gasteiger partial charge in [0.1, 0.15) is 5.82 Å². The van der Waals surface area contributed by atoms with Crippen molar-refractivity contribution in [3.8, 4) is 0 Å². The second kappa shape index (κ2) is 5.09. The van der Waals surface area contributed by atoms with Crippen LogP contribution >= 0.6 is 11.3 Å². The van der Waals surface area contributed by atoms with E-state index in [1.165, 1.54) is 0 Å². The standard InChI is InChI=1S/C11H14N4OS/c1-7(2)9-13-10(15-14-9)11(16)12-6-8-4-3-5-17-8/h3-5,7H,6H2,1-2H3,(H,12,16)(H,13,14,15). The number of H-pyrrole nitrogens is 1. The summed E-state index contributed by atoms with van der Waals surface area (Å²) in [5.41, 5.74) is 0. The third-order valence-electron chi connectivity index (χ3n) is 2.26. The van der Waals surface area contributed by atoms with E-state index in [9.17, 15) is 4.79 Å². The van der Waals surface area contributed by atoms with Crippen LogP contribution in [0.2, 0.25) is 0 Å². The minimum absolute atomic E-state index is 0.199. The molecule has 0 saturated heterocycles. The number of thiophene rings is 1. The molecular formula is C11H14N4OS. The van der Waals surface area contributed by atoms with Crippen molar-refractivity contribution in [1.29, 1.82) is 0 Å². The highest BCUT2D eigenvalue weighted by atomic mass is 32.1. The molecule has 0 saturated carbocycles. The molecule has 6 heteroatoms. The van der Waals surface area contributed by atoms with Crippen molar-refractivity contribution in [3.05, 3.63) is 34.0 Å². The number of hydrogen-bond donors (Lipinski definition) is 2. The Morgan fingerprint density at radius 3 is 3.00 bits per heavy atom. The Balaban J connectivity index is 1.95. The van der Waals surface area contributed by atoms with Gasteiger partial charge in [-0.2, -0.15) is 0 Å². The summed E-state index contributed by atoms with van der Waals surface area (Å²) in [7, 11) is 0. The van der Waals surface area contributed by atoms with Crippen LogP contribution in [0.1, 0.15) is 41.1 Å². The van der Waals surface area contributed by atoms with Crippen LogP contribution in [0.3, 0.4) is 0 Å². The van der Waals surface area contributed by atoms with Gasteiger partial charge in [-0.3, -0.25) is 9.89 Å². The summed E-state index contributed by atoms with van der Waals surface area (Å²) in [5.74, 6) is 0.916. The number of carbonyl (C=O) groups is 1. The van der Waals surface area contributed by atoms with Gasteiger partial charge in [0.05, 0.1) is 6.54 Å². The van der Waals surface area contributed by atoms with Crippen LogP contribution in [-0.4, -0.2) is 21.1 Å². The maximum absolute atomic E-state index is 11.7. The molecule has 2 aromatic rings. The third kappa shape index (κ3) is 2.91. The highest BCUT2D eigenvalue weighted by Crippen LogP contribution is 2.09. The molecule has 5 nitrogen and oxygen atoms in total. The quantitative estimate of drug-likeness (QED) is 0.871. The molecule has 0 atom stereocenters. The molecule has 0 bridgehead atoms. The lowest BCUT2D eigenvalue weighted by Gasteiger charge is -1.99. The summed E-state index contributed by atoms with van der Waals surface area (Å²) in [4.78, 5) is 17.0. The van der Waals surface area contributed by atoms with Crippen molar-refractivity contribution < 1.29 is 4.79 Å². The average molecular weight is 250 g/mol. The van der Waals surface area contributed by atoms with Crippen molar-refractivity contribution in [2.45, 2.75) is 26.3 Å². The molecule has 2 N–H and O–H groups in total. The smallest absolute Gasteiger partial charge is 0.291 e. The molecular weight excluding hydrogens is 236 g/mol. The third-order valence-corrected chi connectivity index (χ3v) is 3.13. The first-order valence-electron chi connectivity index (χ1n) is 5.39. The Morgan fingerprint density at radius 2 is 2.41 bits per heavy atom. The molecule has 0 aliphatic carbocycles. The fraction of sp³-hybridized carbons (Fsp3) is 0.364. The molecule has 1 amide bonds. The van der Waals surface area contributed by atoms with E-state index in [1.807, 2.05) is 31.4 Å². The monoisotopic (exact) mass is 250 g/mol. The molecule has 0 radical (unpaired) electrons. The summed E-state index contributed by atoms with van der Waals surface area (Å²) in [6, 6.07) is 3.93. The van der Waals surface area contributed by atoms with E-state index in [0.717, 1.165) is 10.7 Å². The van der Waals surface area contributed by atoms with E-state index < -0.39 is 0 Å². The maximum atomic E-state index is 11.7. The molecule has 0 spiro atoms. The number of aromatic nitrogens is 3. The van der Waals surface area contributed by atoms with Crippen molar-refractivity contribution >= 4 is 17.2 Å². The number of nitrogens with zero attached hydrogens (tertiary/aromatic N) is 2. The van der Waals surface area contributed by atoms with Crippen LogP contribution in [0.5, 0.6) is 0 Å². The van der Waals surface area contributed by atoms with Gasteiger partial charge >= 0.3 is 0 Å². The summed E-state index contributed by atoms with van der Waals surface area (Å²) in [5, 5.41) is 11.4. The number of aromatic amines is 1. The van der Waals surface area contributed by atoms with Crippen LogP contribution in [0.25, 0.3) is 0 Å². The molecule has 17 heavy (non-hydrogen) atoms. The van der Waals surface area contributed by atoms with Crippen LogP contribution < -0.4 is 5.32 Å². The molecule has 0 aliphatic rings. The Kier molecular flexibility index (Phi) is 3.53. The fourth-order valence-electron chi connectivity index (χ4n) is 1.29. The summed E-state index contributed by atoms with van der Waals surface area (Å²) >= 11 is 1.61. The predicted octanol–water partition coefficient (Wildman–Crippen LogP) is 1.92. The van der Waals surface area contributed by atoms with Crippen LogP contribution in [0.15, 0.2) is 17.5 Å². The topological polar surface area (TPSA) is 70.7 Å². The number of amides is 1. The number of nitrogens with one attached hydrogen (secondary N) is 2. The largest absolute Gasteiger partial charge is 0.344 e. The first-order chi connectivity index (χ1) is 8.16. The number of carbonyl (C=O) groups excluding carboxylic acids is 1. The lowest BCUT2D eigenvalue weighted by atomic mass is 10.2. The summed E-state index contributed by atoms with van der Waals surface area (Å²) in [6.07, 6.45) is 0. The highest BCUT2D eigenvalue weighted by molar-refractivity contribution is 7.09. The Labute approximate surface area is 103 Å². The maximum Gasteiger partial charge on any atom is 0.291 e. The lowest BCUT2D eigenvalue weighted by molar-refractivity contribution is 0.0941. The van der Waals surface area contributed by atoms with Gasteiger partial charge in [-0.15, -0.1) is 16.4 Å². The van der Waals surface area contributed by atoms with E-state index in [1.54, 1.807) is 11.3 Å². The zero-order chi connectivity index (χ0) is 12.3. The number of hydrogen-bond acceptors (Lipinski definition) is 4. The van der Waals surface area contributed by atoms with Crippen LogP contribution in [-0.2, 0) is 6.54 Å². The van der Waals surface area contributed by atoms with E-state index in [-0.39, 0.29) is 17.6 Å². The zero-order valence-electron chi connectivity index (χ0n) is 9.73. The van der Waals surface area contributed by atoms with Gasteiger partial charge in [0, 0.05) is 10.8 Å². The second-order valence-corrected chi connectivity index (χ2v) is 4.99. The molecule has 2 aromatic heterocycles. The molecule has 0 unspecified atom stereocenters. The average Bonchev–Trinajstić information content (AvgIpc) is 2.96. The van der Waals surface area contributed by atoms with Crippen molar-refractivity contribution in [3.63, 3.8) is 0 Å². The lowest BCUT2D eigenvalue weighted by Crippen LogP contribution is -2.23. The van der Waals surface area contributed by atoms with E-state index in [4.69, 9.17) is 0 Å². The predicted molar refractivity (Wildman–Crippen MR) is 66.0 cm³/mol. The molecule has 0 aromatic carbocycles. The van der Waals surface area contributed by atoms with Crippen molar-refractivity contribution in [1.82, 2.24) is 20.5 Å².